The van der Waals surface area contributed by atoms with Crippen molar-refractivity contribution >= 4 is 12.2 Å². The van der Waals surface area contributed by atoms with Crippen molar-refractivity contribution in [3.8, 4) is 0 Å². The predicted molar refractivity (Wildman–Crippen MR) is 135 cm³/mol. The summed E-state index contributed by atoms with van der Waals surface area (Å²) in [5, 5.41) is 13.5. The molecule has 0 aromatic rings. The summed E-state index contributed by atoms with van der Waals surface area (Å²) in [4.78, 5) is 23.0. The minimum Gasteiger partial charge on any atom is -0.391 e. The SMILES string of the molecule is C=C.CCOC(C)OCC.C[C@]12CCC(=O)C[C@@H]1CC[C@@H]1[C@@H]2CC[C@]2(C)[C@H](NC=O)[C@@H](O)C[C@@H]12. The molecule has 0 bridgehead atoms. The number of fused-ring (bicyclic) bond motifs is 5. The highest BCUT2D eigenvalue weighted by molar-refractivity contribution is 5.79. The van der Waals surface area contributed by atoms with Crippen molar-refractivity contribution in [3.63, 3.8) is 0 Å². The van der Waals surface area contributed by atoms with E-state index in [1.165, 1.54) is 12.8 Å². The van der Waals surface area contributed by atoms with Crippen molar-refractivity contribution in [2.24, 2.45) is 34.5 Å². The van der Waals surface area contributed by atoms with E-state index in [1.54, 1.807) is 0 Å². The Labute approximate surface area is 207 Å². The smallest absolute Gasteiger partial charge is 0.207 e. The Bertz CT molecular complexity index is 659. The van der Waals surface area contributed by atoms with Gasteiger partial charge in [0.1, 0.15) is 5.78 Å². The summed E-state index contributed by atoms with van der Waals surface area (Å²) >= 11 is 0. The molecule has 8 atom stereocenters. The lowest BCUT2D eigenvalue weighted by atomic mass is 9.45. The first-order chi connectivity index (χ1) is 16.2. The number of carbonyl (C=O) groups excluding carboxylic acids is 2. The van der Waals surface area contributed by atoms with Gasteiger partial charge in [-0.3, -0.25) is 9.59 Å². The summed E-state index contributed by atoms with van der Waals surface area (Å²) in [6.07, 6.45) is 8.36. The highest BCUT2D eigenvalue weighted by Gasteiger charge is 2.62. The fourth-order valence-corrected chi connectivity index (χ4v) is 7.95. The molecule has 4 fully saturated rings. The summed E-state index contributed by atoms with van der Waals surface area (Å²) in [6.45, 7) is 18.0. The molecule has 0 spiro atoms. The Morgan fingerprint density at radius 3 is 2.32 bits per heavy atom. The highest BCUT2D eigenvalue weighted by atomic mass is 16.7. The largest absolute Gasteiger partial charge is 0.391 e. The van der Waals surface area contributed by atoms with Crippen LogP contribution >= 0.6 is 0 Å². The molecule has 0 unspecified atom stereocenters. The Hall–Kier alpha value is -1.24. The third-order valence-electron chi connectivity index (χ3n) is 9.56. The average molecular weight is 480 g/mol. The number of aliphatic hydroxyl groups excluding tert-OH is 1. The fourth-order valence-electron chi connectivity index (χ4n) is 7.95. The van der Waals surface area contributed by atoms with Crippen LogP contribution in [0.3, 0.4) is 0 Å². The lowest BCUT2D eigenvalue weighted by Gasteiger charge is -2.60. The molecule has 0 aromatic carbocycles. The molecule has 0 saturated heterocycles. The van der Waals surface area contributed by atoms with Gasteiger partial charge >= 0.3 is 0 Å². The van der Waals surface area contributed by atoms with Crippen molar-refractivity contribution in [2.75, 3.05) is 13.2 Å². The van der Waals surface area contributed by atoms with Gasteiger partial charge in [0, 0.05) is 26.1 Å². The Kier molecular flexibility index (Phi) is 10.8. The number of nitrogens with one attached hydrogen (secondary N) is 1. The van der Waals surface area contributed by atoms with Gasteiger partial charge in [0.05, 0.1) is 12.1 Å². The molecule has 6 nitrogen and oxygen atoms in total. The number of carbonyl (C=O) groups is 2. The predicted octanol–water partition coefficient (Wildman–Crippen LogP) is 4.89. The zero-order valence-electron chi connectivity index (χ0n) is 22.2. The Balaban J connectivity index is 0.000000350. The van der Waals surface area contributed by atoms with Gasteiger partial charge in [-0.15, -0.1) is 13.2 Å². The van der Waals surface area contributed by atoms with E-state index >= 15 is 0 Å². The minimum atomic E-state index is -0.414. The first-order valence-electron chi connectivity index (χ1n) is 13.3. The molecule has 6 heteroatoms. The van der Waals surface area contributed by atoms with Crippen LogP contribution in [0.1, 0.15) is 86.0 Å². The molecule has 34 heavy (non-hydrogen) atoms. The van der Waals surface area contributed by atoms with Crippen LogP contribution in [0.25, 0.3) is 0 Å². The zero-order chi connectivity index (χ0) is 25.5. The van der Waals surface area contributed by atoms with Crippen LogP contribution in [0.2, 0.25) is 0 Å². The topological polar surface area (TPSA) is 84.9 Å². The highest BCUT2D eigenvalue weighted by Crippen LogP contribution is 2.65. The summed E-state index contributed by atoms with van der Waals surface area (Å²) in [6, 6.07) is -0.0978. The summed E-state index contributed by atoms with van der Waals surface area (Å²) in [7, 11) is 0. The fraction of sp³-hybridized carbons (Fsp3) is 0.857. The van der Waals surface area contributed by atoms with Crippen molar-refractivity contribution in [3.05, 3.63) is 13.2 Å². The van der Waals surface area contributed by atoms with Gasteiger partial charge in [0.15, 0.2) is 6.29 Å². The van der Waals surface area contributed by atoms with Crippen LogP contribution in [0.4, 0.5) is 0 Å². The third-order valence-corrected chi connectivity index (χ3v) is 9.56. The van der Waals surface area contributed by atoms with Gasteiger partial charge in [-0.25, -0.2) is 0 Å². The monoisotopic (exact) mass is 479 g/mol. The second kappa shape index (κ2) is 12.6. The van der Waals surface area contributed by atoms with E-state index in [4.69, 9.17) is 9.47 Å². The summed E-state index contributed by atoms with van der Waals surface area (Å²) in [5.74, 6) is 2.86. The number of hydrogen-bond acceptors (Lipinski definition) is 5. The molecule has 4 saturated carbocycles. The second-order valence-corrected chi connectivity index (χ2v) is 11.0. The van der Waals surface area contributed by atoms with Crippen LogP contribution in [-0.2, 0) is 19.1 Å². The Morgan fingerprint density at radius 1 is 1.09 bits per heavy atom. The molecule has 4 aliphatic rings. The standard InChI is InChI=1S/C20H31NO3.C6H14O2.C2H4/c1-19-7-5-13(23)9-12(19)3-4-14-15(19)6-8-20(2)16(14)10-17(24)18(20)21-11-22;1-4-7-6(3)8-5-2;1-2/h11-12,14-18,24H,3-10H2,1-2H3,(H,21,22);6H,4-5H2,1-3H3;1-2H2/t12-,14+,15-,16-,17-,18+,19-,20-;;/m0../s1. The van der Waals surface area contributed by atoms with E-state index in [2.05, 4.69) is 32.3 Å². The van der Waals surface area contributed by atoms with E-state index in [0.717, 1.165) is 58.1 Å². The molecule has 2 N–H and O–H groups in total. The van der Waals surface area contributed by atoms with Crippen LogP contribution in [-0.4, -0.2) is 48.9 Å². The number of aliphatic hydroxyl groups is 1. The van der Waals surface area contributed by atoms with Crippen molar-refractivity contribution in [1.29, 1.82) is 0 Å². The van der Waals surface area contributed by atoms with Crippen molar-refractivity contribution in [1.82, 2.24) is 5.32 Å². The second-order valence-electron chi connectivity index (χ2n) is 11.0. The Morgan fingerprint density at radius 2 is 1.74 bits per heavy atom. The lowest BCUT2D eigenvalue weighted by Crippen LogP contribution is -2.56. The summed E-state index contributed by atoms with van der Waals surface area (Å²) in [5.41, 5.74) is 0.328. The normalized spacial score (nSPS) is 40.5. The van der Waals surface area contributed by atoms with E-state index in [1.807, 2.05) is 20.8 Å². The van der Waals surface area contributed by atoms with Gasteiger partial charge in [-0.1, -0.05) is 13.8 Å². The third kappa shape index (κ3) is 5.76. The lowest BCUT2D eigenvalue weighted by molar-refractivity contribution is -0.138. The minimum absolute atomic E-state index is 0.0230. The molecule has 4 aliphatic carbocycles. The van der Waals surface area contributed by atoms with Crippen LogP contribution in [0.15, 0.2) is 13.2 Å². The molecular weight excluding hydrogens is 430 g/mol. The molecule has 196 valence electrons. The summed E-state index contributed by atoms with van der Waals surface area (Å²) < 4.78 is 10.1. The van der Waals surface area contributed by atoms with Crippen molar-refractivity contribution in [2.45, 2.75) is 104 Å². The quantitative estimate of drug-likeness (QED) is 0.322. The number of rotatable bonds is 6. The molecule has 1 amide bonds. The molecule has 0 heterocycles. The molecule has 4 rings (SSSR count). The van der Waals surface area contributed by atoms with Crippen LogP contribution in [0, 0.1) is 34.5 Å². The number of ketones is 1. The maximum absolute atomic E-state index is 11.9. The van der Waals surface area contributed by atoms with E-state index < -0.39 is 6.10 Å². The van der Waals surface area contributed by atoms with E-state index in [-0.39, 0.29) is 17.7 Å². The first-order valence-corrected chi connectivity index (χ1v) is 13.3. The molecule has 0 aromatic heterocycles. The number of Topliss-reactive ketones (excluding diaryl/α,β-unsaturated/α-hetero) is 1. The van der Waals surface area contributed by atoms with E-state index in [9.17, 15) is 14.7 Å². The zero-order valence-corrected chi connectivity index (χ0v) is 22.2. The number of amides is 1. The first kappa shape index (κ1) is 29.0. The van der Waals surface area contributed by atoms with Crippen molar-refractivity contribution < 1.29 is 24.2 Å². The van der Waals surface area contributed by atoms with Crippen LogP contribution < -0.4 is 5.32 Å². The van der Waals surface area contributed by atoms with Gasteiger partial charge in [0.2, 0.25) is 6.41 Å². The molecular formula is C28H49NO5. The van der Waals surface area contributed by atoms with Gasteiger partial charge in [-0.05, 0) is 93.8 Å². The maximum Gasteiger partial charge on any atom is 0.207 e. The van der Waals surface area contributed by atoms with E-state index in [0.29, 0.717) is 34.9 Å². The maximum atomic E-state index is 11.9. The van der Waals surface area contributed by atoms with Gasteiger partial charge in [-0.2, -0.15) is 0 Å². The average Bonchev–Trinajstić information content (AvgIpc) is 3.07. The number of ether oxygens (including phenoxy) is 2. The molecule has 0 aliphatic heterocycles. The van der Waals surface area contributed by atoms with Gasteiger partial charge < -0.3 is 19.9 Å². The van der Waals surface area contributed by atoms with Crippen LogP contribution in [0.5, 0.6) is 0 Å². The number of hydrogen-bond donors (Lipinski definition) is 2. The van der Waals surface area contributed by atoms with Gasteiger partial charge in [0.25, 0.3) is 0 Å². The molecule has 0 radical (unpaired) electrons.